The van der Waals surface area contributed by atoms with Gasteiger partial charge in [-0.2, -0.15) is 0 Å². The molecule has 1 spiro atoms. The second-order valence-corrected chi connectivity index (χ2v) is 17.9. The first-order chi connectivity index (χ1) is 30.9. The van der Waals surface area contributed by atoms with Gasteiger partial charge in [0.15, 0.2) is 0 Å². The molecule has 0 N–H and O–H groups in total. The Bertz CT molecular complexity index is 3330. The van der Waals surface area contributed by atoms with Gasteiger partial charge in [-0.25, -0.2) is 0 Å². The van der Waals surface area contributed by atoms with Crippen LogP contribution in [0, 0.1) is 0 Å². The van der Waals surface area contributed by atoms with Crippen molar-refractivity contribution in [2.75, 3.05) is 4.90 Å². The maximum Gasteiger partial charge on any atom is 0.0725 e. The van der Waals surface area contributed by atoms with Crippen LogP contribution in [0.4, 0.5) is 17.1 Å². The van der Waals surface area contributed by atoms with Gasteiger partial charge in [0.1, 0.15) is 0 Å². The standard InChI is InChI=1S/C62H47N/c1-5-47-53(6-2)62(57-38-31-42-19-10-11-20-48(42)59(47)57)55-25-15-13-22-52(55)60-49(23-16-26-56(60)62)43-29-34-45(35-30-43)63(44-32-27-41(28-33-44)40-17-8-7-9-18-40)46-36-37-51-50-21-12-14-24-54(50)61(3,4)58(51)39-46/h5-6,8,10-39H,1-2,7,9H2,3-4H3. The summed E-state index contributed by atoms with van der Waals surface area (Å²) >= 11 is 0. The smallest absolute Gasteiger partial charge is 0.0725 e. The van der Waals surface area contributed by atoms with E-state index in [1.165, 1.54) is 94.2 Å². The van der Waals surface area contributed by atoms with Crippen LogP contribution in [0.5, 0.6) is 0 Å². The van der Waals surface area contributed by atoms with Crippen molar-refractivity contribution in [1.29, 1.82) is 0 Å². The number of benzene rings is 8. The Morgan fingerprint density at radius 1 is 0.492 bits per heavy atom. The number of fused-ring (bicyclic) bond motifs is 12. The van der Waals surface area contributed by atoms with Gasteiger partial charge in [-0.3, -0.25) is 0 Å². The van der Waals surface area contributed by atoms with Gasteiger partial charge < -0.3 is 4.90 Å². The Hall–Kier alpha value is -7.48. The summed E-state index contributed by atoms with van der Waals surface area (Å²) in [5.41, 5.74) is 23.2. The van der Waals surface area contributed by atoms with Crippen LogP contribution in [0.25, 0.3) is 55.3 Å². The molecule has 0 radical (unpaired) electrons. The number of hydrogen-bond donors (Lipinski definition) is 0. The molecule has 1 unspecified atom stereocenters. The van der Waals surface area contributed by atoms with Gasteiger partial charge in [0.05, 0.1) is 5.41 Å². The fourth-order valence-corrected chi connectivity index (χ4v) is 11.7. The lowest BCUT2D eigenvalue weighted by Gasteiger charge is -2.31. The molecule has 0 aromatic heterocycles. The highest BCUT2D eigenvalue weighted by Gasteiger charge is 2.52. The average molecular weight is 806 g/mol. The summed E-state index contributed by atoms with van der Waals surface area (Å²) in [6.07, 6.45) is 13.2. The predicted molar refractivity (Wildman–Crippen MR) is 267 cm³/mol. The van der Waals surface area contributed by atoms with Crippen LogP contribution in [0.15, 0.2) is 219 Å². The molecule has 8 aromatic rings. The Balaban J connectivity index is 1.01. The molecule has 1 nitrogen and oxygen atoms in total. The van der Waals surface area contributed by atoms with Gasteiger partial charge in [-0.15, -0.1) is 0 Å². The fourth-order valence-electron chi connectivity index (χ4n) is 11.7. The molecule has 0 aliphatic heterocycles. The van der Waals surface area contributed by atoms with Crippen LogP contribution in [-0.2, 0) is 10.8 Å². The summed E-state index contributed by atoms with van der Waals surface area (Å²) in [5.74, 6) is 0. The van der Waals surface area contributed by atoms with Gasteiger partial charge in [0, 0.05) is 22.5 Å². The van der Waals surface area contributed by atoms with Crippen LogP contribution >= 0.6 is 0 Å². The highest BCUT2D eigenvalue weighted by atomic mass is 15.1. The Kier molecular flexibility index (Phi) is 8.30. The zero-order chi connectivity index (χ0) is 42.5. The minimum Gasteiger partial charge on any atom is -0.310 e. The van der Waals surface area contributed by atoms with Crippen LogP contribution in [0.1, 0.15) is 65.6 Å². The van der Waals surface area contributed by atoms with Crippen molar-refractivity contribution in [2.24, 2.45) is 0 Å². The highest BCUT2D eigenvalue weighted by Crippen LogP contribution is 2.64. The minimum absolute atomic E-state index is 0.109. The summed E-state index contributed by atoms with van der Waals surface area (Å²) in [7, 11) is 0. The molecule has 300 valence electrons. The summed E-state index contributed by atoms with van der Waals surface area (Å²) in [6, 6.07) is 63.6. The third-order valence-corrected chi connectivity index (χ3v) is 14.5. The first-order valence-corrected chi connectivity index (χ1v) is 22.3. The van der Waals surface area contributed by atoms with Crippen LogP contribution in [-0.4, -0.2) is 0 Å². The number of anilines is 3. The van der Waals surface area contributed by atoms with E-state index in [0.717, 1.165) is 35.5 Å². The zero-order valence-corrected chi connectivity index (χ0v) is 35.8. The lowest BCUT2D eigenvalue weighted by molar-refractivity contribution is 0.660. The molecule has 0 fully saturated rings. The Labute approximate surface area is 371 Å². The molecule has 8 aromatic carbocycles. The minimum atomic E-state index is -0.514. The maximum absolute atomic E-state index is 4.48. The normalized spacial score (nSPS) is 17.2. The van der Waals surface area contributed by atoms with E-state index in [0.29, 0.717) is 0 Å². The average Bonchev–Trinajstić information content (AvgIpc) is 3.90. The molecule has 0 saturated carbocycles. The lowest BCUT2D eigenvalue weighted by Crippen LogP contribution is -2.26. The van der Waals surface area contributed by atoms with E-state index in [1.54, 1.807) is 0 Å². The van der Waals surface area contributed by atoms with E-state index in [1.807, 2.05) is 6.08 Å². The molecule has 1 atom stereocenters. The van der Waals surface area contributed by atoms with Gasteiger partial charge in [-0.05, 0) is 149 Å². The van der Waals surface area contributed by atoms with Crippen molar-refractivity contribution in [3.05, 3.63) is 258 Å². The summed E-state index contributed by atoms with van der Waals surface area (Å²) in [4.78, 5) is 2.43. The van der Waals surface area contributed by atoms with Gasteiger partial charge in [0.2, 0.25) is 0 Å². The van der Waals surface area contributed by atoms with Crippen molar-refractivity contribution in [2.45, 2.75) is 37.5 Å². The third-order valence-electron chi connectivity index (χ3n) is 14.5. The van der Waals surface area contributed by atoms with Crippen molar-refractivity contribution in [3.63, 3.8) is 0 Å². The van der Waals surface area contributed by atoms with E-state index in [4.69, 9.17) is 0 Å². The van der Waals surface area contributed by atoms with Gasteiger partial charge in [0.25, 0.3) is 0 Å². The molecule has 4 aliphatic carbocycles. The largest absolute Gasteiger partial charge is 0.310 e. The molecular weight excluding hydrogens is 759 g/mol. The molecule has 0 amide bonds. The quantitative estimate of drug-likeness (QED) is 0.155. The summed E-state index contributed by atoms with van der Waals surface area (Å²) in [6.45, 7) is 13.6. The number of rotatable bonds is 7. The molecule has 0 heterocycles. The highest BCUT2D eigenvalue weighted by molar-refractivity contribution is 6.07. The topological polar surface area (TPSA) is 3.24 Å². The molecule has 1 heteroatoms. The first-order valence-electron chi connectivity index (χ1n) is 22.3. The van der Waals surface area contributed by atoms with Crippen molar-refractivity contribution in [1.82, 2.24) is 0 Å². The second kappa shape index (κ2) is 14.0. The molecule has 0 saturated heterocycles. The monoisotopic (exact) mass is 805 g/mol. The van der Waals surface area contributed by atoms with Gasteiger partial charge in [-0.1, -0.05) is 191 Å². The van der Waals surface area contributed by atoms with E-state index >= 15 is 0 Å². The van der Waals surface area contributed by atoms with Crippen LogP contribution < -0.4 is 4.90 Å². The zero-order valence-electron chi connectivity index (χ0n) is 35.8. The fraction of sp³-hybridized carbons (Fsp3) is 0.0968. The van der Waals surface area contributed by atoms with E-state index in [2.05, 4.69) is 226 Å². The molecule has 63 heavy (non-hydrogen) atoms. The maximum atomic E-state index is 4.48. The molecule has 0 bridgehead atoms. The van der Waals surface area contributed by atoms with Crippen LogP contribution in [0.3, 0.4) is 0 Å². The first kappa shape index (κ1) is 37.3. The molecule has 12 rings (SSSR count). The Morgan fingerprint density at radius 3 is 1.87 bits per heavy atom. The predicted octanol–water partition coefficient (Wildman–Crippen LogP) is 16.5. The number of nitrogens with zero attached hydrogens (tertiary/aromatic N) is 1. The van der Waals surface area contributed by atoms with E-state index in [9.17, 15) is 0 Å². The summed E-state index contributed by atoms with van der Waals surface area (Å²) in [5, 5.41) is 2.48. The number of allylic oxidation sites excluding steroid dienone is 8. The number of hydrogen-bond acceptors (Lipinski definition) is 1. The van der Waals surface area contributed by atoms with E-state index in [-0.39, 0.29) is 5.41 Å². The van der Waals surface area contributed by atoms with Crippen molar-refractivity contribution >= 4 is 39.0 Å². The van der Waals surface area contributed by atoms with E-state index < -0.39 is 5.41 Å². The van der Waals surface area contributed by atoms with Crippen molar-refractivity contribution < 1.29 is 0 Å². The molecular formula is C62H47N. The lowest BCUT2D eigenvalue weighted by atomic mass is 9.69. The second-order valence-electron chi connectivity index (χ2n) is 17.9. The van der Waals surface area contributed by atoms with Gasteiger partial charge >= 0.3 is 0 Å². The molecule has 4 aliphatic rings. The Morgan fingerprint density at radius 2 is 1.13 bits per heavy atom. The third kappa shape index (κ3) is 5.23. The van der Waals surface area contributed by atoms with Crippen molar-refractivity contribution in [3.8, 4) is 33.4 Å². The SMILES string of the molecule is C=CC1=C(C=C)C2(c3ccccc3-c3c(-c4ccc(N(c5ccc(C6=CCCC=C6)cc5)c5ccc6c(c5)C(C)(C)c5ccccc5-6)cc4)cccc32)c2ccc3ccccc3c21. The summed E-state index contributed by atoms with van der Waals surface area (Å²) < 4.78 is 0. The van der Waals surface area contributed by atoms with Crippen LogP contribution in [0.2, 0.25) is 0 Å².